The predicted octanol–water partition coefficient (Wildman–Crippen LogP) is 2.92. The smallest absolute Gasteiger partial charge is 0.258 e. The molecule has 0 saturated heterocycles. The lowest BCUT2D eigenvalue weighted by molar-refractivity contribution is -0.384. The van der Waals surface area contributed by atoms with Crippen LogP contribution in [0.5, 0.6) is 0 Å². The summed E-state index contributed by atoms with van der Waals surface area (Å²) in [6.07, 6.45) is 0.295. The van der Waals surface area contributed by atoms with E-state index in [1.54, 1.807) is 6.92 Å². The third-order valence-corrected chi connectivity index (χ3v) is 4.56. The standard InChI is InChI=1S/C11H9Cl2N3O4S/c1-2-9-10(21(13,19)20)11(12)15(14-9)7-4-3-5-8(6-7)16(17)18/h3-6H,2H2,1H3. The molecule has 1 heterocycles. The van der Waals surface area contributed by atoms with E-state index in [1.165, 1.54) is 24.3 Å². The Bertz CT molecular complexity index is 817. The molecule has 0 radical (unpaired) electrons. The average Bonchev–Trinajstić information content (AvgIpc) is 2.75. The minimum Gasteiger partial charge on any atom is -0.258 e. The first kappa shape index (κ1) is 15.7. The minimum absolute atomic E-state index is 0.160. The van der Waals surface area contributed by atoms with Crippen LogP contribution in [0.1, 0.15) is 12.6 Å². The summed E-state index contributed by atoms with van der Waals surface area (Å²) in [6, 6.07) is 5.52. The van der Waals surface area contributed by atoms with Crippen LogP contribution in [0.4, 0.5) is 5.69 Å². The molecule has 0 unspecified atom stereocenters. The van der Waals surface area contributed by atoms with Gasteiger partial charge in [-0.25, -0.2) is 13.1 Å². The van der Waals surface area contributed by atoms with Crippen molar-refractivity contribution in [2.75, 3.05) is 0 Å². The van der Waals surface area contributed by atoms with Crippen LogP contribution >= 0.6 is 22.3 Å². The first-order valence-electron chi connectivity index (χ1n) is 5.72. The Morgan fingerprint density at radius 2 is 2.10 bits per heavy atom. The highest BCUT2D eigenvalue weighted by Gasteiger charge is 2.26. The second kappa shape index (κ2) is 5.63. The highest BCUT2D eigenvalue weighted by Crippen LogP contribution is 2.31. The van der Waals surface area contributed by atoms with Gasteiger partial charge in [-0.15, -0.1) is 0 Å². The van der Waals surface area contributed by atoms with Gasteiger partial charge in [0.2, 0.25) is 0 Å². The van der Waals surface area contributed by atoms with Crippen molar-refractivity contribution in [1.82, 2.24) is 9.78 Å². The van der Waals surface area contributed by atoms with E-state index >= 15 is 0 Å². The van der Waals surface area contributed by atoms with Crippen LogP contribution < -0.4 is 0 Å². The molecule has 0 N–H and O–H groups in total. The van der Waals surface area contributed by atoms with E-state index in [2.05, 4.69) is 5.10 Å². The van der Waals surface area contributed by atoms with Crippen molar-refractivity contribution in [3.63, 3.8) is 0 Å². The maximum absolute atomic E-state index is 11.6. The highest BCUT2D eigenvalue weighted by atomic mass is 35.7. The van der Waals surface area contributed by atoms with Gasteiger partial charge >= 0.3 is 0 Å². The molecule has 2 aromatic rings. The largest absolute Gasteiger partial charge is 0.271 e. The molecule has 112 valence electrons. The zero-order valence-electron chi connectivity index (χ0n) is 10.7. The molecule has 2 rings (SSSR count). The van der Waals surface area contributed by atoms with E-state index in [4.69, 9.17) is 22.3 Å². The summed E-state index contributed by atoms with van der Waals surface area (Å²) >= 11 is 6.03. The number of non-ortho nitro benzene ring substituents is 1. The molecule has 0 saturated carbocycles. The minimum atomic E-state index is -4.07. The molecule has 1 aromatic carbocycles. The maximum Gasteiger partial charge on any atom is 0.271 e. The molecule has 0 aliphatic rings. The fourth-order valence-electron chi connectivity index (χ4n) is 1.81. The Morgan fingerprint density at radius 1 is 1.43 bits per heavy atom. The predicted molar refractivity (Wildman–Crippen MR) is 77.6 cm³/mol. The van der Waals surface area contributed by atoms with Gasteiger partial charge in [-0.2, -0.15) is 5.10 Å². The van der Waals surface area contributed by atoms with E-state index in [-0.39, 0.29) is 27.1 Å². The normalized spacial score (nSPS) is 11.6. The van der Waals surface area contributed by atoms with Gasteiger partial charge in [0, 0.05) is 22.8 Å². The SMILES string of the molecule is CCc1nn(-c2cccc([N+](=O)[O-])c2)c(Cl)c1S(=O)(=O)Cl. The molecule has 0 amide bonds. The number of hydrogen-bond donors (Lipinski definition) is 0. The molecule has 0 aliphatic carbocycles. The van der Waals surface area contributed by atoms with Crippen LogP contribution in [0.3, 0.4) is 0 Å². The maximum atomic E-state index is 11.6. The number of aromatic nitrogens is 2. The number of nitro benzene ring substituents is 1. The van der Waals surface area contributed by atoms with Crippen LogP contribution in [0, 0.1) is 10.1 Å². The van der Waals surface area contributed by atoms with E-state index in [9.17, 15) is 18.5 Å². The summed E-state index contributed by atoms with van der Waals surface area (Å²) in [5, 5.41) is 14.6. The van der Waals surface area contributed by atoms with E-state index in [0.717, 1.165) is 4.68 Å². The van der Waals surface area contributed by atoms with Crippen molar-refractivity contribution in [3.8, 4) is 5.69 Å². The number of benzene rings is 1. The first-order chi connectivity index (χ1) is 9.75. The summed E-state index contributed by atoms with van der Waals surface area (Å²) in [5.41, 5.74) is 0.310. The molecule has 0 fully saturated rings. The number of nitrogens with zero attached hydrogens (tertiary/aromatic N) is 3. The van der Waals surface area contributed by atoms with Gasteiger partial charge in [-0.1, -0.05) is 24.6 Å². The zero-order chi connectivity index (χ0) is 15.8. The summed E-state index contributed by atoms with van der Waals surface area (Å²) in [5.74, 6) is 0. The molecule has 21 heavy (non-hydrogen) atoms. The van der Waals surface area contributed by atoms with Gasteiger partial charge in [-0.3, -0.25) is 10.1 Å². The van der Waals surface area contributed by atoms with Gasteiger partial charge in [0.15, 0.2) is 5.15 Å². The third-order valence-electron chi connectivity index (χ3n) is 2.72. The van der Waals surface area contributed by atoms with Crippen molar-refractivity contribution >= 4 is 37.0 Å². The monoisotopic (exact) mass is 349 g/mol. The quantitative estimate of drug-likeness (QED) is 0.480. The van der Waals surface area contributed by atoms with Crippen LogP contribution in [0.2, 0.25) is 5.15 Å². The molecular formula is C11H9Cl2N3O4S. The number of rotatable bonds is 4. The van der Waals surface area contributed by atoms with E-state index in [0.29, 0.717) is 6.42 Å². The fraction of sp³-hybridized carbons (Fsp3) is 0.182. The fourth-order valence-corrected chi connectivity index (χ4v) is 3.72. The Balaban J connectivity index is 2.69. The Hall–Kier alpha value is -1.64. The van der Waals surface area contributed by atoms with Gasteiger partial charge in [0.1, 0.15) is 4.90 Å². The number of hydrogen-bond acceptors (Lipinski definition) is 5. The summed E-state index contributed by atoms with van der Waals surface area (Å²) < 4.78 is 24.3. The second-order valence-electron chi connectivity index (χ2n) is 4.05. The van der Waals surface area contributed by atoms with Crippen molar-refractivity contribution in [2.45, 2.75) is 18.2 Å². The topological polar surface area (TPSA) is 95.1 Å². The highest BCUT2D eigenvalue weighted by molar-refractivity contribution is 8.13. The molecule has 1 aromatic heterocycles. The molecule has 0 atom stereocenters. The Morgan fingerprint density at radius 3 is 2.57 bits per heavy atom. The summed E-state index contributed by atoms with van der Waals surface area (Å²) in [7, 11) is 1.29. The molecular weight excluding hydrogens is 341 g/mol. The lowest BCUT2D eigenvalue weighted by Gasteiger charge is -2.02. The lowest BCUT2D eigenvalue weighted by Crippen LogP contribution is -1.98. The third kappa shape index (κ3) is 3.02. The molecule has 0 bridgehead atoms. The second-order valence-corrected chi connectivity index (χ2v) is 6.91. The van der Waals surface area contributed by atoms with Crippen molar-refractivity contribution in [2.24, 2.45) is 0 Å². The average molecular weight is 350 g/mol. The van der Waals surface area contributed by atoms with Crippen molar-refractivity contribution < 1.29 is 13.3 Å². The van der Waals surface area contributed by atoms with Gasteiger partial charge in [0.25, 0.3) is 14.7 Å². The van der Waals surface area contributed by atoms with Gasteiger partial charge in [-0.05, 0) is 12.5 Å². The summed E-state index contributed by atoms with van der Waals surface area (Å²) in [6.45, 7) is 1.70. The van der Waals surface area contributed by atoms with Crippen LogP contribution in [-0.2, 0) is 15.5 Å². The first-order valence-corrected chi connectivity index (χ1v) is 8.41. The van der Waals surface area contributed by atoms with Crippen LogP contribution in [0.25, 0.3) is 5.69 Å². The number of halogens is 2. The molecule has 10 heteroatoms. The van der Waals surface area contributed by atoms with Gasteiger partial charge in [0.05, 0.1) is 16.3 Å². The molecule has 7 nitrogen and oxygen atoms in total. The Kier molecular flexibility index (Phi) is 4.22. The van der Waals surface area contributed by atoms with Crippen LogP contribution in [-0.4, -0.2) is 23.1 Å². The Labute approximate surface area is 129 Å². The summed E-state index contributed by atoms with van der Waals surface area (Å²) in [4.78, 5) is 9.94. The van der Waals surface area contributed by atoms with E-state index in [1.807, 2.05) is 0 Å². The number of nitro groups is 1. The zero-order valence-corrected chi connectivity index (χ0v) is 13.0. The molecule has 0 aliphatic heterocycles. The van der Waals surface area contributed by atoms with Crippen LogP contribution in [0.15, 0.2) is 29.2 Å². The van der Waals surface area contributed by atoms with E-state index < -0.39 is 14.0 Å². The molecule has 0 spiro atoms. The van der Waals surface area contributed by atoms with Gasteiger partial charge < -0.3 is 0 Å². The van der Waals surface area contributed by atoms with Crippen molar-refractivity contribution in [3.05, 3.63) is 45.2 Å². The van der Waals surface area contributed by atoms with Crippen molar-refractivity contribution in [1.29, 1.82) is 0 Å². The lowest BCUT2D eigenvalue weighted by atomic mass is 10.3. The number of aryl methyl sites for hydroxylation is 1.